The van der Waals surface area contributed by atoms with Crippen LogP contribution in [0.3, 0.4) is 0 Å². The third-order valence-electron chi connectivity index (χ3n) is 9.18. The molecule has 4 heterocycles. The largest absolute Gasteiger partial charge is 0.432 e. The number of cyclic esters (lactones) is 4. The van der Waals surface area contributed by atoms with E-state index < -0.39 is 83.4 Å². The van der Waals surface area contributed by atoms with Gasteiger partial charge >= 0.3 is 35.8 Å². The molecule has 0 bridgehead atoms. The summed E-state index contributed by atoms with van der Waals surface area (Å²) < 4.78 is 43.3. The second kappa shape index (κ2) is 15.0. The van der Waals surface area contributed by atoms with Crippen molar-refractivity contribution in [3.8, 4) is 0 Å². The van der Waals surface area contributed by atoms with E-state index in [1.807, 2.05) is 0 Å². The molecule has 0 aromatic carbocycles. The van der Waals surface area contributed by atoms with Crippen molar-refractivity contribution in [2.24, 2.45) is 11.8 Å². The molecule has 5 rings (SSSR count). The third-order valence-corrected chi connectivity index (χ3v) is 9.18. The van der Waals surface area contributed by atoms with Crippen molar-refractivity contribution in [2.45, 2.75) is 102 Å². The van der Waals surface area contributed by atoms with E-state index in [9.17, 15) is 39.0 Å². The number of carbonyl (C=O) groups is 6. The van der Waals surface area contributed by atoms with Crippen molar-refractivity contribution in [3.63, 3.8) is 0 Å². The second-order valence-electron chi connectivity index (χ2n) is 13.0. The van der Waals surface area contributed by atoms with Crippen LogP contribution >= 0.6 is 0 Å². The van der Waals surface area contributed by atoms with Gasteiger partial charge in [0.1, 0.15) is 23.0 Å². The molecular formula is C36H40O16. The van der Waals surface area contributed by atoms with E-state index in [-0.39, 0.29) is 49.7 Å². The molecule has 2 N–H and O–H groups in total. The first kappa shape index (κ1) is 38.3. The van der Waals surface area contributed by atoms with Crippen LogP contribution in [0.25, 0.3) is 0 Å². The van der Waals surface area contributed by atoms with Gasteiger partial charge in [-0.05, 0) is 12.2 Å². The van der Waals surface area contributed by atoms with Crippen LogP contribution in [-0.2, 0) is 66.7 Å². The Morgan fingerprint density at radius 3 is 1.15 bits per heavy atom. The van der Waals surface area contributed by atoms with Crippen LogP contribution in [0.5, 0.6) is 0 Å². The van der Waals surface area contributed by atoms with Gasteiger partial charge in [0.15, 0.2) is 12.6 Å². The molecule has 5 aliphatic rings. The van der Waals surface area contributed by atoms with Gasteiger partial charge in [-0.15, -0.1) is 0 Å². The summed E-state index contributed by atoms with van der Waals surface area (Å²) in [5.41, 5.74) is -0.608. The monoisotopic (exact) mass is 728 g/mol. The Labute approximate surface area is 298 Å². The maximum Gasteiger partial charge on any atom is 0.348 e. The zero-order valence-corrected chi connectivity index (χ0v) is 28.9. The number of aliphatic hydroxyl groups is 2. The second-order valence-corrected chi connectivity index (χ2v) is 13.0. The van der Waals surface area contributed by atoms with Crippen molar-refractivity contribution in [1.29, 1.82) is 0 Å². The number of allylic oxidation sites excluding steroid dienone is 8. The molecule has 5 fully saturated rings. The van der Waals surface area contributed by atoms with Crippen LogP contribution in [0.4, 0.5) is 0 Å². The standard InChI is InChI=1S/C36H40O16/c1-5-33(3)45-25(37)21(26(38)46-33)13-9-7-11-15-23-29(41)49-35(50-30(23)42)17-19-36(20-18-35)51-31(43)24(32(44)52-36)16-12-8-10-14-22-27(39)47-34(4,6-2)48-28(22)40/h7-16,23-24,29,31,41,43H,5-6,17-20H2,1-4H3/b9-7+,10-8+,15-11+,16-12+,21-13?,22-14?. The van der Waals surface area contributed by atoms with Gasteiger partial charge in [-0.1, -0.05) is 62.5 Å². The fraction of sp³-hybridized carbons (Fsp3) is 0.500. The molecule has 16 heteroatoms. The molecule has 0 amide bonds. The summed E-state index contributed by atoms with van der Waals surface area (Å²) in [6.45, 7) is 6.37. The molecule has 4 atom stereocenters. The fourth-order valence-corrected chi connectivity index (χ4v) is 5.74. The Kier molecular flexibility index (Phi) is 11.0. The van der Waals surface area contributed by atoms with Crippen LogP contribution in [-0.4, -0.2) is 81.8 Å². The number of esters is 6. The normalized spacial score (nSPS) is 37.0. The summed E-state index contributed by atoms with van der Waals surface area (Å²) in [7, 11) is 0. The zero-order chi connectivity index (χ0) is 37.9. The molecular weight excluding hydrogens is 688 g/mol. The molecule has 4 saturated heterocycles. The van der Waals surface area contributed by atoms with Crippen molar-refractivity contribution in [1.82, 2.24) is 0 Å². The minimum atomic E-state index is -1.59. The topological polar surface area (TPSA) is 217 Å². The Bertz CT molecular complexity index is 1510. The molecule has 1 aliphatic carbocycles. The molecule has 280 valence electrons. The lowest BCUT2D eigenvalue weighted by Crippen LogP contribution is -2.59. The van der Waals surface area contributed by atoms with E-state index in [4.69, 9.17) is 37.9 Å². The van der Waals surface area contributed by atoms with E-state index in [1.54, 1.807) is 13.8 Å². The van der Waals surface area contributed by atoms with Gasteiger partial charge in [0.05, 0.1) is 0 Å². The Morgan fingerprint density at radius 2 is 0.865 bits per heavy atom. The highest BCUT2D eigenvalue weighted by atomic mass is 16.8. The molecule has 4 aliphatic heterocycles. The first-order chi connectivity index (χ1) is 24.5. The molecule has 4 unspecified atom stereocenters. The van der Waals surface area contributed by atoms with Crippen LogP contribution in [0.2, 0.25) is 0 Å². The number of carbonyl (C=O) groups excluding carboxylic acids is 6. The lowest BCUT2D eigenvalue weighted by atomic mass is 9.86. The minimum absolute atomic E-state index is 0.0246. The molecule has 0 aromatic rings. The first-order valence-electron chi connectivity index (χ1n) is 16.8. The summed E-state index contributed by atoms with van der Waals surface area (Å²) in [4.78, 5) is 74.5. The summed E-state index contributed by atoms with van der Waals surface area (Å²) in [5, 5.41) is 21.4. The zero-order valence-electron chi connectivity index (χ0n) is 28.9. The average Bonchev–Trinajstić information content (AvgIpc) is 3.06. The Morgan fingerprint density at radius 1 is 0.538 bits per heavy atom. The fourth-order valence-electron chi connectivity index (χ4n) is 5.74. The number of aliphatic hydroxyl groups excluding tert-OH is 2. The maximum atomic E-state index is 12.9. The number of ether oxygens (including phenoxy) is 8. The van der Waals surface area contributed by atoms with E-state index in [0.717, 1.165) is 0 Å². The number of hydrogen-bond acceptors (Lipinski definition) is 16. The van der Waals surface area contributed by atoms with Gasteiger partial charge in [-0.25, -0.2) is 19.2 Å². The molecule has 52 heavy (non-hydrogen) atoms. The van der Waals surface area contributed by atoms with E-state index in [1.165, 1.54) is 74.6 Å². The lowest BCUT2D eigenvalue weighted by Gasteiger charge is -2.49. The van der Waals surface area contributed by atoms with E-state index in [2.05, 4.69) is 0 Å². The van der Waals surface area contributed by atoms with Crippen molar-refractivity contribution in [2.75, 3.05) is 0 Å². The van der Waals surface area contributed by atoms with Gasteiger partial charge in [0, 0.05) is 52.4 Å². The molecule has 0 aromatic heterocycles. The van der Waals surface area contributed by atoms with Crippen molar-refractivity contribution in [3.05, 3.63) is 71.9 Å². The quantitative estimate of drug-likeness (QED) is 0.121. The highest BCUT2D eigenvalue weighted by molar-refractivity contribution is 6.16. The minimum Gasteiger partial charge on any atom is -0.432 e. The molecule has 1 saturated carbocycles. The highest BCUT2D eigenvalue weighted by Crippen LogP contribution is 2.46. The third kappa shape index (κ3) is 8.25. The average molecular weight is 729 g/mol. The van der Waals surface area contributed by atoms with Crippen LogP contribution in [0.1, 0.15) is 66.2 Å². The van der Waals surface area contributed by atoms with Crippen molar-refractivity contribution >= 4 is 35.8 Å². The smallest absolute Gasteiger partial charge is 0.348 e. The van der Waals surface area contributed by atoms with Crippen LogP contribution in [0, 0.1) is 11.8 Å². The highest BCUT2D eigenvalue weighted by Gasteiger charge is 2.57. The Hall–Kier alpha value is -4.90. The predicted molar refractivity (Wildman–Crippen MR) is 172 cm³/mol. The van der Waals surface area contributed by atoms with Gasteiger partial charge in [-0.3, -0.25) is 9.59 Å². The Balaban J connectivity index is 1.11. The first-order valence-corrected chi connectivity index (χ1v) is 16.8. The molecule has 2 spiro atoms. The summed E-state index contributed by atoms with van der Waals surface area (Å²) in [6.07, 6.45) is 10.7. The van der Waals surface area contributed by atoms with E-state index >= 15 is 0 Å². The SMILES string of the molecule is CCC1(C)OC(=O)C(=C/C=C/C=C/C2C(=O)OC3(CCC4(CC3)OC(=O)C(/C=C/C=C/C=C3C(=O)OC(C)(CC)OC3=O)C(O)O4)OC2O)C(=O)O1. The summed E-state index contributed by atoms with van der Waals surface area (Å²) in [6, 6.07) is 0. The molecule has 16 nitrogen and oxygen atoms in total. The van der Waals surface area contributed by atoms with Crippen molar-refractivity contribution < 1.29 is 76.9 Å². The number of rotatable bonds is 8. The van der Waals surface area contributed by atoms with Crippen LogP contribution < -0.4 is 0 Å². The maximum absolute atomic E-state index is 12.9. The van der Waals surface area contributed by atoms with Gasteiger partial charge in [-0.2, -0.15) is 0 Å². The van der Waals surface area contributed by atoms with Crippen LogP contribution in [0.15, 0.2) is 71.9 Å². The molecule has 0 radical (unpaired) electrons. The number of hydrogen-bond donors (Lipinski definition) is 2. The van der Waals surface area contributed by atoms with Gasteiger partial charge < -0.3 is 48.1 Å². The van der Waals surface area contributed by atoms with Gasteiger partial charge in [0.25, 0.3) is 11.6 Å². The summed E-state index contributed by atoms with van der Waals surface area (Å²) in [5.74, 6) is -12.9. The van der Waals surface area contributed by atoms with Gasteiger partial charge in [0.2, 0.25) is 11.6 Å². The predicted octanol–water partition coefficient (Wildman–Crippen LogP) is 2.50. The lowest BCUT2D eigenvalue weighted by molar-refractivity contribution is -0.377. The summed E-state index contributed by atoms with van der Waals surface area (Å²) >= 11 is 0. The van der Waals surface area contributed by atoms with E-state index in [0.29, 0.717) is 0 Å².